The number of nitrogens with zero attached hydrogens (tertiary/aromatic N) is 3. The molecule has 1 N–H and O–H groups in total. The molecule has 2 unspecified atom stereocenters. The van der Waals surface area contributed by atoms with E-state index in [2.05, 4.69) is 36.0 Å². The fraction of sp³-hybridized carbons (Fsp3) is 0.636. The molecule has 2 heterocycles. The Morgan fingerprint density at radius 1 is 1.14 bits per heavy atom. The third-order valence-corrected chi connectivity index (χ3v) is 6.06. The number of carbonyl (C=O) groups is 2. The fourth-order valence-corrected chi connectivity index (χ4v) is 4.19. The Morgan fingerprint density at radius 2 is 1.82 bits per heavy atom. The first-order valence-corrected chi connectivity index (χ1v) is 10.5. The molecule has 0 saturated carbocycles. The van der Waals surface area contributed by atoms with E-state index >= 15 is 0 Å². The van der Waals surface area contributed by atoms with Crippen LogP contribution in [0.3, 0.4) is 0 Å². The second-order valence-electron chi connectivity index (χ2n) is 8.56. The van der Waals surface area contributed by atoms with Crippen LogP contribution in [0.2, 0.25) is 0 Å². The lowest BCUT2D eigenvalue weighted by Gasteiger charge is -2.40. The Hall–Kier alpha value is -1.92. The Balaban J connectivity index is 1.50. The van der Waals surface area contributed by atoms with Crippen LogP contribution < -0.4 is 5.32 Å². The van der Waals surface area contributed by atoms with Crippen molar-refractivity contribution in [3.63, 3.8) is 0 Å². The lowest BCUT2D eigenvalue weighted by molar-refractivity contribution is -0.129. The van der Waals surface area contributed by atoms with Crippen LogP contribution in [-0.2, 0) is 16.1 Å². The van der Waals surface area contributed by atoms with Crippen LogP contribution in [0, 0.1) is 11.8 Å². The van der Waals surface area contributed by atoms with Crippen LogP contribution in [0.1, 0.15) is 25.8 Å². The molecule has 2 saturated heterocycles. The van der Waals surface area contributed by atoms with Crippen molar-refractivity contribution in [1.29, 1.82) is 0 Å². The maximum Gasteiger partial charge on any atom is 0.225 e. The second-order valence-corrected chi connectivity index (χ2v) is 8.56. The summed E-state index contributed by atoms with van der Waals surface area (Å²) in [5.74, 6) is 0.326. The zero-order chi connectivity index (χ0) is 20.1. The minimum absolute atomic E-state index is 0.0173. The summed E-state index contributed by atoms with van der Waals surface area (Å²) in [7, 11) is 2.15. The molecule has 1 aromatic carbocycles. The molecule has 2 amide bonds. The van der Waals surface area contributed by atoms with Crippen LogP contribution in [-0.4, -0.2) is 78.9 Å². The first-order valence-electron chi connectivity index (χ1n) is 10.5. The van der Waals surface area contributed by atoms with Crippen LogP contribution >= 0.6 is 0 Å². The van der Waals surface area contributed by atoms with Crippen LogP contribution in [0.5, 0.6) is 0 Å². The number of hydrogen-bond donors (Lipinski definition) is 1. The first-order chi connectivity index (χ1) is 13.4. The third-order valence-electron chi connectivity index (χ3n) is 6.06. The molecule has 0 bridgehead atoms. The van der Waals surface area contributed by atoms with E-state index in [-0.39, 0.29) is 17.7 Å². The number of piperazine rings is 1. The standard InChI is InChI=1S/C22H34N4O2/c1-17(2)20(25-11-9-24(3)10-12-25)14-23-22(28)19-13-21(27)26(16-19)15-18-7-5-4-6-8-18/h4-8,17,19-20H,9-16H2,1-3H3,(H,23,28). The molecule has 6 heteroatoms. The summed E-state index contributed by atoms with van der Waals surface area (Å²) in [5.41, 5.74) is 1.10. The minimum atomic E-state index is -0.239. The summed E-state index contributed by atoms with van der Waals surface area (Å²) in [6.45, 7) is 10.4. The normalized spacial score (nSPS) is 22.6. The van der Waals surface area contributed by atoms with Gasteiger partial charge in [0.25, 0.3) is 0 Å². The van der Waals surface area contributed by atoms with E-state index in [1.807, 2.05) is 30.3 Å². The Morgan fingerprint density at radius 3 is 2.46 bits per heavy atom. The number of likely N-dealkylation sites (tertiary alicyclic amines) is 1. The van der Waals surface area contributed by atoms with E-state index in [1.54, 1.807) is 4.90 Å². The van der Waals surface area contributed by atoms with Crippen LogP contribution in [0.4, 0.5) is 0 Å². The van der Waals surface area contributed by atoms with E-state index in [1.165, 1.54) is 0 Å². The highest BCUT2D eigenvalue weighted by molar-refractivity contribution is 5.89. The van der Waals surface area contributed by atoms with Gasteiger partial charge in [-0.25, -0.2) is 0 Å². The topological polar surface area (TPSA) is 55.9 Å². The Kier molecular flexibility index (Phi) is 7.08. The average molecular weight is 387 g/mol. The molecule has 28 heavy (non-hydrogen) atoms. The maximum atomic E-state index is 12.7. The van der Waals surface area contributed by atoms with Crippen molar-refractivity contribution in [1.82, 2.24) is 20.0 Å². The van der Waals surface area contributed by atoms with Crippen molar-refractivity contribution in [2.24, 2.45) is 11.8 Å². The van der Waals surface area contributed by atoms with E-state index in [9.17, 15) is 9.59 Å². The van der Waals surface area contributed by atoms with Gasteiger partial charge >= 0.3 is 0 Å². The molecule has 3 rings (SSSR count). The fourth-order valence-electron chi connectivity index (χ4n) is 4.19. The zero-order valence-corrected chi connectivity index (χ0v) is 17.4. The summed E-state index contributed by atoms with van der Waals surface area (Å²) >= 11 is 0. The molecule has 0 aliphatic carbocycles. The lowest BCUT2D eigenvalue weighted by atomic mass is 10.0. The molecular weight excluding hydrogens is 352 g/mol. The minimum Gasteiger partial charge on any atom is -0.354 e. The van der Waals surface area contributed by atoms with Crippen molar-refractivity contribution < 1.29 is 9.59 Å². The summed E-state index contributed by atoms with van der Waals surface area (Å²) in [6.07, 6.45) is 0.319. The first kappa shape index (κ1) is 20.8. The van der Waals surface area contributed by atoms with Crippen molar-refractivity contribution in [3.05, 3.63) is 35.9 Å². The number of amides is 2. The van der Waals surface area contributed by atoms with E-state index < -0.39 is 0 Å². The molecule has 1 aromatic rings. The number of hydrogen-bond acceptors (Lipinski definition) is 4. The van der Waals surface area contributed by atoms with Gasteiger partial charge in [0.15, 0.2) is 0 Å². The van der Waals surface area contributed by atoms with Crippen molar-refractivity contribution in [2.75, 3.05) is 46.3 Å². The van der Waals surface area contributed by atoms with Crippen molar-refractivity contribution >= 4 is 11.8 Å². The number of nitrogens with one attached hydrogen (secondary N) is 1. The highest BCUT2D eigenvalue weighted by Gasteiger charge is 2.35. The van der Waals surface area contributed by atoms with Gasteiger partial charge in [-0.15, -0.1) is 0 Å². The molecular formula is C22H34N4O2. The van der Waals surface area contributed by atoms with Crippen molar-refractivity contribution in [2.45, 2.75) is 32.9 Å². The predicted molar refractivity (Wildman–Crippen MR) is 111 cm³/mol. The highest BCUT2D eigenvalue weighted by atomic mass is 16.2. The smallest absolute Gasteiger partial charge is 0.225 e. The highest BCUT2D eigenvalue weighted by Crippen LogP contribution is 2.21. The average Bonchev–Trinajstić information content (AvgIpc) is 3.04. The molecule has 0 radical (unpaired) electrons. The number of benzene rings is 1. The SMILES string of the molecule is CC(C)C(CNC(=O)C1CC(=O)N(Cc2ccccc2)C1)N1CCN(C)CC1. The summed E-state index contributed by atoms with van der Waals surface area (Å²) < 4.78 is 0. The van der Waals surface area contributed by atoms with Gasteiger partial charge in [0, 0.05) is 58.3 Å². The molecule has 6 nitrogen and oxygen atoms in total. The quantitative estimate of drug-likeness (QED) is 0.770. The molecule has 2 fully saturated rings. The molecule has 2 aliphatic heterocycles. The summed E-state index contributed by atoms with van der Waals surface area (Å²) in [4.78, 5) is 31.7. The number of likely N-dealkylation sites (N-methyl/N-ethyl adjacent to an activating group) is 1. The van der Waals surface area contributed by atoms with E-state index in [4.69, 9.17) is 0 Å². The summed E-state index contributed by atoms with van der Waals surface area (Å²) in [5, 5.41) is 3.15. The van der Waals surface area contributed by atoms with Gasteiger partial charge < -0.3 is 15.1 Å². The van der Waals surface area contributed by atoms with Crippen molar-refractivity contribution in [3.8, 4) is 0 Å². The summed E-state index contributed by atoms with van der Waals surface area (Å²) in [6, 6.07) is 10.3. The van der Waals surface area contributed by atoms with Gasteiger partial charge in [0.1, 0.15) is 0 Å². The van der Waals surface area contributed by atoms with Crippen LogP contribution in [0.25, 0.3) is 0 Å². The van der Waals surface area contributed by atoms with E-state index in [0.717, 1.165) is 31.7 Å². The van der Waals surface area contributed by atoms with Gasteiger partial charge in [-0.05, 0) is 18.5 Å². The lowest BCUT2D eigenvalue weighted by Crippen LogP contribution is -2.54. The predicted octanol–water partition coefficient (Wildman–Crippen LogP) is 1.42. The molecule has 0 aromatic heterocycles. The Labute approximate surface area is 168 Å². The zero-order valence-electron chi connectivity index (χ0n) is 17.4. The second kappa shape index (κ2) is 9.52. The van der Waals surface area contributed by atoms with Gasteiger partial charge in [0.2, 0.25) is 11.8 Å². The Bertz CT molecular complexity index is 656. The number of carbonyl (C=O) groups excluding carboxylic acids is 2. The van der Waals surface area contributed by atoms with Gasteiger partial charge in [0.05, 0.1) is 5.92 Å². The molecule has 2 aliphatic rings. The number of rotatable bonds is 7. The van der Waals surface area contributed by atoms with Gasteiger partial charge in [-0.1, -0.05) is 44.2 Å². The maximum absolute atomic E-state index is 12.7. The molecule has 0 spiro atoms. The molecule has 154 valence electrons. The third kappa shape index (κ3) is 5.32. The van der Waals surface area contributed by atoms with Gasteiger partial charge in [-0.2, -0.15) is 0 Å². The largest absolute Gasteiger partial charge is 0.354 e. The monoisotopic (exact) mass is 386 g/mol. The van der Waals surface area contributed by atoms with E-state index in [0.29, 0.717) is 38.0 Å². The molecule has 2 atom stereocenters. The van der Waals surface area contributed by atoms with Crippen LogP contribution in [0.15, 0.2) is 30.3 Å². The van der Waals surface area contributed by atoms with Gasteiger partial charge in [-0.3, -0.25) is 14.5 Å².